The zero-order chi connectivity index (χ0) is 25.7. The number of pyridine rings is 1. The number of thioether (sulfide) groups is 1. The Morgan fingerprint density at radius 2 is 1.64 bits per heavy atom. The fourth-order valence-electron chi connectivity index (χ4n) is 3.58. The number of benzene rings is 3. The van der Waals surface area contributed by atoms with Crippen LogP contribution in [0.15, 0.2) is 90.0 Å². The average molecular weight is 512 g/mol. The number of Topliss-reactive ketones (excluding diaryl/α,β-unsaturated/α-hetero) is 1. The van der Waals surface area contributed by atoms with Crippen LogP contribution in [0.4, 0.5) is 5.69 Å². The van der Waals surface area contributed by atoms with E-state index >= 15 is 0 Å². The molecular weight excluding hydrogens is 490 g/mol. The highest BCUT2D eigenvalue weighted by Crippen LogP contribution is 2.36. The number of nitrogens with zero attached hydrogens (tertiary/aromatic N) is 2. The van der Waals surface area contributed by atoms with Crippen molar-refractivity contribution in [3.63, 3.8) is 0 Å². The molecule has 0 fully saturated rings. The number of nitrogens with one attached hydrogen (secondary N) is 1. The van der Waals surface area contributed by atoms with Gasteiger partial charge in [-0.2, -0.15) is 5.26 Å². The first-order chi connectivity index (χ1) is 17.4. The third kappa shape index (κ3) is 5.83. The Kier molecular flexibility index (Phi) is 7.84. The second kappa shape index (κ2) is 11.2. The smallest absolute Gasteiger partial charge is 0.237 e. The molecule has 1 heterocycles. The van der Waals surface area contributed by atoms with E-state index in [0.29, 0.717) is 32.6 Å². The molecular formula is C29H22ClN3O2S. The van der Waals surface area contributed by atoms with Gasteiger partial charge in [-0.1, -0.05) is 65.8 Å². The Morgan fingerprint density at radius 3 is 2.25 bits per heavy atom. The zero-order valence-electron chi connectivity index (χ0n) is 19.7. The van der Waals surface area contributed by atoms with Gasteiger partial charge in [0.05, 0.1) is 16.5 Å². The molecule has 178 valence electrons. The topological polar surface area (TPSA) is 82.8 Å². The maximum Gasteiger partial charge on any atom is 0.237 e. The standard InChI is InChI=1S/C29H22ClN3O2S/c1-18(34)20-10-14-24(15-11-20)32-28(35)19(2)36-29-26(17-31)25(21-8-12-23(30)13-9-21)16-27(33-29)22-6-4-3-5-7-22/h3-16,19H,1-2H3,(H,32,35)/t19-/m1/s1. The summed E-state index contributed by atoms with van der Waals surface area (Å²) in [4.78, 5) is 29.2. The summed E-state index contributed by atoms with van der Waals surface area (Å²) < 4.78 is 0. The minimum absolute atomic E-state index is 0.0401. The molecule has 0 radical (unpaired) electrons. The maximum atomic E-state index is 13.0. The Morgan fingerprint density at radius 1 is 0.972 bits per heavy atom. The molecule has 7 heteroatoms. The van der Waals surface area contributed by atoms with Crippen molar-refractivity contribution in [1.29, 1.82) is 5.26 Å². The molecule has 3 aromatic carbocycles. The highest BCUT2D eigenvalue weighted by Gasteiger charge is 2.21. The molecule has 4 rings (SSSR count). The first kappa shape index (κ1) is 25.2. The van der Waals surface area contributed by atoms with Gasteiger partial charge < -0.3 is 5.32 Å². The number of nitriles is 1. The summed E-state index contributed by atoms with van der Waals surface area (Å²) in [5, 5.41) is 13.5. The van der Waals surface area contributed by atoms with Crippen molar-refractivity contribution in [2.75, 3.05) is 5.32 Å². The largest absolute Gasteiger partial charge is 0.325 e. The molecule has 36 heavy (non-hydrogen) atoms. The van der Waals surface area contributed by atoms with E-state index in [-0.39, 0.29) is 11.7 Å². The van der Waals surface area contributed by atoms with Gasteiger partial charge in [0.2, 0.25) is 5.91 Å². The summed E-state index contributed by atoms with van der Waals surface area (Å²) in [6.07, 6.45) is 0. The van der Waals surface area contributed by atoms with Gasteiger partial charge in [-0.25, -0.2) is 4.98 Å². The molecule has 1 atom stereocenters. The minimum atomic E-state index is -0.541. The number of aromatic nitrogens is 1. The molecule has 0 saturated carbocycles. The molecule has 1 amide bonds. The summed E-state index contributed by atoms with van der Waals surface area (Å²) in [6, 6.07) is 27.9. The summed E-state index contributed by atoms with van der Waals surface area (Å²) in [6.45, 7) is 3.26. The number of rotatable bonds is 7. The maximum absolute atomic E-state index is 13.0. The van der Waals surface area contributed by atoms with E-state index in [9.17, 15) is 14.9 Å². The van der Waals surface area contributed by atoms with Crippen LogP contribution in [0.3, 0.4) is 0 Å². The highest BCUT2D eigenvalue weighted by atomic mass is 35.5. The Hall–Kier alpha value is -3.92. The lowest BCUT2D eigenvalue weighted by molar-refractivity contribution is -0.115. The SMILES string of the molecule is CC(=O)c1ccc(NC(=O)[C@@H](C)Sc2nc(-c3ccccc3)cc(-c3ccc(Cl)cc3)c2C#N)cc1. The van der Waals surface area contributed by atoms with Crippen LogP contribution in [-0.4, -0.2) is 21.9 Å². The molecule has 0 saturated heterocycles. The molecule has 0 bridgehead atoms. The van der Waals surface area contributed by atoms with Crippen LogP contribution in [0.1, 0.15) is 29.8 Å². The molecule has 4 aromatic rings. The lowest BCUT2D eigenvalue weighted by Crippen LogP contribution is -2.22. The van der Waals surface area contributed by atoms with E-state index < -0.39 is 5.25 Å². The van der Waals surface area contributed by atoms with E-state index in [2.05, 4.69) is 11.4 Å². The summed E-state index contributed by atoms with van der Waals surface area (Å²) in [5.41, 5.74) is 4.72. The summed E-state index contributed by atoms with van der Waals surface area (Å²) in [5.74, 6) is -0.277. The van der Waals surface area contributed by atoms with Gasteiger partial charge in [0.1, 0.15) is 11.1 Å². The van der Waals surface area contributed by atoms with Crippen molar-refractivity contribution in [2.24, 2.45) is 0 Å². The number of carbonyl (C=O) groups is 2. The number of halogens is 1. The molecule has 1 aromatic heterocycles. The summed E-state index contributed by atoms with van der Waals surface area (Å²) >= 11 is 7.31. The van der Waals surface area contributed by atoms with Gasteiger partial charge in [0, 0.05) is 27.4 Å². The highest BCUT2D eigenvalue weighted by molar-refractivity contribution is 8.00. The first-order valence-electron chi connectivity index (χ1n) is 11.2. The van der Waals surface area contributed by atoms with Crippen LogP contribution in [0.2, 0.25) is 5.02 Å². The lowest BCUT2D eigenvalue weighted by Gasteiger charge is -2.16. The molecule has 5 nitrogen and oxygen atoms in total. The average Bonchev–Trinajstić information content (AvgIpc) is 2.89. The summed E-state index contributed by atoms with van der Waals surface area (Å²) in [7, 11) is 0. The molecule has 0 aliphatic heterocycles. The second-order valence-electron chi connectivity index (χ2n) is 8.10. The number of anilines is 1. The van der Waals surface area contributed by atoms with Crippen LogP contribution >= 0.6 is 23.4 Å². The van der Waals surface area contributed by atoms with Crippen LogP contribution in [0, 0.1) is 11.3 Å². The fraction of sp³-hybridized carbons (Fsp3) is 0.103. The van der Waals surface area contributed by atoms with Gasteiger partial charge >= 0.3 is 0 Å². The molecule has 0 spiro atoms. The third-order valence-electron chi connectivity index (χ3n) is 5.54. The lowest BCUT2D eigenvalue weighted by atomic mass is 9.99. The monoisotopic (exact) mass is 511 g/mol. The van der Waals surface area contributed by atoms with Gasteiger partial charge in [-0.3, -0.25) is 9.59 Å². The van der Waals surface area contributed by atoms with E-state index in [0.717, 1.165) is 16.7 Å². The first-order valence-corrected chi connectivity index (χ1v) is 12.5. The number of ketones is 1. The van der Waals surface area contributed by atoms with Gasteiger partial charge in [-0.15, -0.1) is 0 Å². The number of hydrogen-bond acceptors (Lipinski definition) is 5. The van der Waals surface area contributed by atoms with Crippen molar-refractivity contribution in [1.82, 2.24) is 4.98 Å². The predicted molar refractivity (Wildman–Crippen MR) is 145 cm³/mol. The minimum Gasteiger partial charge on any atom is -0.325 e. The van der Waals surface area contributed by atoms with Crippen molar-refractivity contribution < 1.29 is 9.59 Å². The Bertz CT molecular complexity index is 1450. The van der Waals surface area contributed by atoms with Gasteiger partial charge in [0.15, 0.2) is 5.78 Å². The van der Waals surface area contributed by atoms with Crippen molar-refractivity contribution in [2.45, 2.75) is 24.1 Å². The number of carbonyl (C=O) groups excluding carboxylic acids is 2. The van der Waals surface area contributed by atoms with Gasteiger partial charge in [0.25, 0.3) is 0 Å². The van der Waals surface area contributed by atoms with Crippen molar-refractivity contribution >= 4 is 40.7 Å². The van der Waals surface area contributed by atoms with E-state index in [4.69, 9.17) is 16.6 Å². The van der Waals surface area contributed by atoms with Crippen molar-refractivity contribution in [3.8, 4) is 28.5 Å². The molecule has 0 aliphatic rings. The second-order valence-corrected chi connectivity index (χ2v) is 9.87. The quantitative estimate of drug-likeness (QED) is 0.208. The van der Waals surface area contributed by atoms with Crippen LogP contribution in [0.25, 0.3) is 22.4 Å². The van der Waals surface area contributed by atoms with Crippen LogP contribution < -0.4 is 5.32 Å². The zero-order valence-corrected chi connectivity index (χ0v) is 21.2. The van der Waals surface area contributed by atoms with E-state index in [1.165, 1.54) is 18.7 Å². The fourth-order valence-corrected chi connectivity index (χ4v) is 4.63. The molecule has 0 aliphatic carbocycles. The number of hydrogen-bond donors (Lipinski definition) is 1. The third-order valence-corrected chi connectivity index (χ3v) is 6.88. The Labute approximate surface area is 219 Å². The van der Waals surface area contributed by atoms with Crippen LogP contribution in [-0.2, 0) is 4.79 Å². The molecule has 1 N–H and O–H groups in total. The number of amides is 1. The van der Waals surface area contributed by atoms with E-state index in [1.54, 1.807) is 43.3 Å². The van der Waals surface area contributed by atoms with Gasteiger partial charge in [-0.05, 0) is 61.9 Å². The van der Waals surface area contributed by atoms with Crippen LogP contribution in [0.5, 0.6) is 0 Å². The normalized spacial score (nSPS) is 11.4. The predicted octanol–water partition coefficient (Wildman–Crippen LogP) is 7.26. The van der Waals surface area contributed by atoms with Crippen molar-refractivity contribution in [3.05, 3.63) is 101 Å². The van der Waals surface area contributed by atoms with E-state index in [1.807, 2.05) is 48.5 Å². The Balaban J connectivity index is 1.68. The molecule has 0 unspecified atom stereocenters.